The Kier molecular flexibility index (Phi) is 6.98. The van der Waals surface area contributed by atoms with E-state index in [9.17, 15) is 9.59 Å². The molecule has 0 atom stereocenters. The van der Waals surface area contributed by atoms with Gasteiger partial charge in [-0.3, -0.25) is 9.59 Å². The van der Waals surface area contributed by atoms with Crippen molar-refractivity contribution in [3.05, 3.63) is 0 Å². The Balaban J connectivity index is 3.91. The number of hydrogen-bond acceptors (Lipinski definition) is 4. The lowest BCUT2D eigenvalue weighted by atomic mass is 10.3. The molecule has 1 amide bonds. The predicted octanol–water partition coefficient (Wildman–Crippen LogP) is 0.702. The van der Waals surface area contributed by atoms with Crippen LogP contribution in [0.3, 0.4) is 0 Å². The van der Waals surface area contributed by atoms with Gasteiger partial charge in [0.05, 0.1) is 25.5 Å². The number of rotatable bonds is 6. The highest BCUT2D eigenvalue weighted by molar-refractivity contribution is 5.75. The summed E-state index contributed by atoms with van der Waals surface area (Å²) in [6.07, 6.45) is 0.460. The molecule has 15 heavy (non-hydrogen) atoms. The molecule has 0 N–H and O–H groups in total. The molecule has 0 spiro atoms. The summed E-state index contributed by atoms with van der Waals surface area (Å²) in [6.45, 7) is 4.18. The van der Waals surface area contributed by atoms with Crippen LogP contribution in [0.5, 0.6) is 0 Å². The van der Waals surface area contributed by atoms with E-state index < -0.39 is 0 Å². The number of carbonyl (C=O) groups excluding carboxylic acids is 2. The Hall–Kier alpha value is -1.57. The lowest BCUT2D eigenvalue weighted by Gasteiger charge is -2.18. The van der Waals surface area contributed by atoms with E-state index in [4.69, 9.17) is 10.00 Å². The van der Waals surface area contributed by atoms with E-state index in [1.807, 2.05) is 6.07 Å². The van der Waals surface area contributed by atoms with Crippen molar-refractivity contribution >= 4 is 11.9 Å². The quantitative estimate of drug-likeness (QED) is 0.608. The average molecular weight is 212 g/mol. The second-order valence-corrected chi connectivity index (χ2v) is 2.97. The van der Waals surface area contributed by atoms with Crippen molar-refractivity contribution in [2.75, 3.05) is 19.7 Å². The number of carbonyl (C=O) groups is 2. The first kappa shape index (κ1) is 13.4. The lowest BCUT2D eigenvalue weighted by molar-refractivity contribution is -0.143. The molecule has 5 heteroatoms. The fourth-order valence-electron chi connectivity index (χ4n) is 1.07. The molecular weight excluding hydrogens is 196 g/mol. The van der Waals surface area contributed by atoms with Gasteiger partial charge >= 0.3 is 5.97 Å². The van der Waals surface area contributed by atoms with Crippen LogP contribution in [0, 0.1) is 11.3 Å². The molecule has 0 heterocycles. The van der Waals surface area contributed by atoms with Crippen LogP contribution in [0.1, 0.15) is 26.7 Å². The van der Waals surface area contributed by atoms with Gasteiger partial charge in [-0.05, 0) is 6.92 Å². The van der Waals surface area contributed by atoms with Gasteiger partial charge < -0.3 is 9.64 Å². The SMILES string of the molecule is CCOC(=O)CCN(CCC#N)C(C)=O. The van der Waals surface area contributed by atoms with Crippen molar-refractivity contribution in [3.8, 4) is 6.07 Å². The van der Waals surface area contributed by atoms with Gasteiger partial charge in [-0.2, -0.15) is 5.26 Å². The summed E-state index contributed by atoms with van der Waals surface area (Å²) >= 11 is 0. The number of esters is 1. The minimum Gasteiger partial charge on any atom is -0.466 e. The maximum absolute atomic E-state index is 11.1. The lowest BCUT2D eigenvalue weighted by Crippen LogP contribution is -2.32. The zero-order valence-electron chi connectivity index (χ0n) is 9.15. The van der Waals surface area contributed by atoms with Gasteiger partial charge in [-0.1, -0.05) is 0 Å². The Labute approximate surface area is 89.6 Å². The molecule has 84 valence electrons. The van der Waals surface area contributed by atoms with Crippen LogP contribution in [0.4, 0.5) is 0 Å². The monoisotopic (exact) mass is 212 g/mol. The van der Waals surface area contributed by atoms with Gasteiger partial charge in [-0.25, -0.2) is 0 Å². The first-order chi connectivity index (χ1) is 7.11. The average Bonchev–Trinajstić information content (AvgIpc) is 2.17. The van der Waals surface area contributed by atoms with Crippen molar-refractivity contribution in [1.29, 1.82) is 5.26 Å². The highest BCUT2D eigenvalue weighted by Crippen LogP contribution is 1.96. The third-order valence-electron chi connectivity index (χ3n) is 1.83. The minimum absolute atomic E-state index is 0.130. The number of ether oxygens (including phenoxy) is 1. The van der Waals surface area contributed by atoms with Crippen molar-refractivity contribution in [2.24, 2.45) is 0 Å². The number of amides is 1. The third-order valence-corrected chi connectivity index (χ3v) is 1.83. The Morgan fingerprint density at radius 3 is 2.53 bits per heavy atom. The minimum atomic E-state index is -0.319. The molecule has 0 saturated heterocycles. The van der Waals surface area contributed by atoms with E-state index >= 15 is 0 Å². The maximum atomic E-state index is 11.1. The van der Waals surface area contributed by atoms with Crippen LogP contribution in [0.2, 0.25) is 0 Å². The number of hydrogen-bond donors (Lipinski definition) is 0. The van der Waals surface area contributed by atoms with Gasteiger partial charge in [0.25, 0.3) is 0 Å². The van der Waals surface area contributed by atoms with Crippen LogP contribution < -0.4 is 0 Å². The summed E-state index contributed by atoms with van der Waals surface area (Å²) in [5.74, 6) is -0.449. The molecule has 0 rings (SSSR count). The summed E-state index contributed by atoms with van der Waals surface area (Å²) in [4.78, 5) is 23.6. The van der Waals surface area contributed by atoms with E-state index in [1.54, 1.807) is 6.92 Å². The van der Waals surface area contributed by atoms with Gasteiger partial charge in [-0.15, -0.1) is 0 Å². The molecule has 0 aliphatic heterocycles. The summed E-state index contributed by atoms with van der Waals surface area (Å²) in [6, 6.07) is 1.96. The zero-order valence-corrected chi connectivity index (χ0v) is 9.15. The predicted molar refractivity (Wildman–Crippen MR) is 53.7 cm³/mol. The first-order valence-corrected chi connectivity index (χ1v) is 4.89. The highest BCUT2D eigenvalue weighted by atomic mass is 16.5. The summed E-state index contributed by atoms with van der Waals surface area (Å²) in [5, 5.41) is 8.38. The molecule has 5 nitrogen and oxygen atoms in total. The fraction of sp³-hybridized carbons (Fsp3) is 0.700. The normalized spacial score (nSPS) is 9.13. The van der Waals surface area contributed by atoms with Gasteiger partial charge in [0, 0.05) is 20.0 Å². The van der Waals surface area contributed by atoms with Crippen molar-refractivity contribution in [3.63, 3.8) is 0 Å². The molecule has 0 fully saturated rings. The molecule has 0 aromatic heterocycles. The van der Waals surface area contributed by atoms with Crippen molar-refractivity contribution < 1.29 is 14.3 Å². The summed E-state index contributed by atoms with van der Waals surface area (Å²) < 4.78 is 4.73. The van der Waals surface area contributed by atoms with E-state index in [0.717, 1.165) is 0 Å². The molecule has 0 radical (unpaired) electrons. The van der Waals surface area contributed by atoms with Crippen LogP contribution >= 0.6 is 0 Å². The Morgan fingerprint density at radius 1 is 1.40 bits per heavy atom. The zero-order chi connectivity index (χ0) is 11.7. The van der Waals surface area contributed by atoms with Crippen molar-refractivity contribution in [2.45, 2.75) is 26.7 Å². The molecule has 0 aromatic carbocycles. The molecular formula is C10H16N2O3. The molecule has 0 bridgehead atoms. The topological polar surface area (TPSA) is 70.4 Å². The Morgan fingerprint density at radius 2 is 2.07 bits per heavy atom. The Bertz CT molecular complexity index is 258. The van der Waals surface area contributed by atoms with Crippen LogP contribution in [0.15, 0.2) is 0 Å². The largest absolute Gasteiger partial charge is 0.466 e. The van der Waals surface area contributed by atoms with E-state index in [-0.39, 0.29) is 24.7 Å². The van der Waals surface area contributed by atoms with E-state index in [0.29, 0.717) is 19.7 Å². The van der Waals surface area contributed by atoms with Crippen LogP contribution in [-0.4, -0.2) is 36.5 Å². The van der Waals surface area contributed by atoms with Gasteiger partial charge in [0.15, 0.2) is 0 Å². The number of nitriles is 1. The van der Waals surface area contributed by atoms with E-state index in [2.05, 4.69) is 0 Å². The molecule has 0 aromatic rings. The molecule has 0 unspecified atom stereocenters. The van der Waals surface area contributed by atoms with Crippen molar-refractivity contribution in [1.82, 2.24) is 4.90 Å². The third kappa shape index (κ3) is 6.49. The number of nitrogens with zero attached hydrogens (tertiary/aromatic N) is 2. The van der Waals surface area contributed by atoms with Crippen LogP contribution in [-0.2, 0) is 14.3 Å². The van der Waals surface area contributed by atoms with Gasteiger partial charge in [0.2, 0.25) is 5.91 Å². The summed E-state index contributed by atoms with van der Waals surface area (Å²) in [5.41, 5.74) is 0. The van der Waals surface area contributed by atoms with E-state index in [1.165, 1.54) is 11.8 Å². The fourth-order valence-corrected chi connectivity index (χ4v) is 1.07. The summed E-state index contributed by atoms with van der Waals surface area (Å²) in [7, 11) is 0. The highest BCUT2D eigenvalue weighted by Gasteiger charge is 2.10. The molecule has 0 aliphatic rings. The molecule has 0 saturated carbocycles. The maximum Gasteiger partial charge on any atom is 0.307 e. The van der Waals surface area contributed by atoms with Gasteiger partial charge in [0.1, 0.15) is 0 Å². The smallest absolute Gasteiger partial charge is 0.307 e. The second-order valence-electron chi connectivity index (χ2n) is 2.97. The molecule has 0 aliphatic carbocycles. The second kappa shape index (κ2) is 7.80. The first-order valence-electron chi connectivity index (χ1n) is 4.89. The standard InChI is InChI=1S/C10H16N2O3/c1-3-15-10(14)5-8-12(9(2)13)7-4-6-11/h3-5,7-8H2,1-2H3. The van der Waals surface area contributed by atoms with Crippen LogP contribution in [0.25, 0.3) is 0 Å².